The second-order valence-corrected chi connectivity index (χ2v) is 11.1. The highest BCUT2D eigenvalue weighted by molar-refractivity contribution is 7.89. The number of aryl methyl sites for hydroxylation is 2. The lowest BCUT2D eigenvalue weighted by Crippen LogP contribution is -2.26. The van der Waals surface area contributed by atoms with Gasteiger partial charge in [-0.3, -0.25) is 4.79 Å². The van der Waals surface area contributed by atoms with Gasteiger partial charge in [-0.05, 0) is 54.4 Å². The van der Waals surface area contributed by atoms with Crippen molar-refractivity contribution in [3.05, 3.63) is 93.2 Å². The average Bonchev–Trinajstić information content (AvgIpc) is 3.12. The third-order valence-corrected chi connectivity index (χ3v) is 8.73. The molecule has 4 aromatic rings. The molecule has 0 atom stereocenters. The Hall–Kier alpha value is -2.78. The fourth-order valence-electron chi connectivity index (χ4n) is 3.54. The van der Waals surface area contributed by atoms with Crippen molar-refractivity contribution in [2.24, 2.45) is 12.0 Å². The monoisotopic (exact) mass is 499 g/mol. The van der Waals surface area contributed by atoms with Gasteiger partial charge in [0.25, 0.3) is 5.91 Å². The topological polar surface area (TPSA) is 71.7 Å². The van der Waals surface area contributed by atoms with E-state index in [1.807, 2.05) is 61.0 Å². The third kappa shape index (κ3) is 4.65. The van der Waals surface area contributed by atoms with E-state index in [0.29, 0.717) is 15.4 Å². The highest BCUT2D eigenvalue weighted by Crippen LogP contribution is 2.26. The molecule has 0 saturated heterocycles. The van der Waals surface area contributed by atoms with E-state index in [4.69, 9.17) is 11.6 Å². The van der Waals surface area contributed by atoms with E-state index >= 15 is 0 Å². The molecular formula is C24H22ClN3O3S2. The first kappa shape index (κ1) is 23.4. The van der Waals surface area contributed by atoms with Crippen molar-refractivity contribution in [2.45, 2.75) is 18.4 Å². The predicted octanol–water partition coefficient (Wildman–Crippen LogP) is 4.76. The van der Waals surface area contributed by atoms with Gasteiger partial charge < -0.3 is 4.57 Å². The van der Waals surface area contributed by atoms with Crippen molar-refractivity contribution in [1.82, 2.24) is 8.87 Å². The third-order valence-electron chi connectivity index (χ3n) is 5.41. The average molecular weight is 500 g/mol. The molecular weight excluding hydrogens is 478 g/mol. The lowest BCUT2D eigenvalue weighted by atomic mass is 10.2. The number of thiazole rings is 1. The maximum Gasteiger partial charge on any atom is 0.279 e. The Balaban J connectivity index is 1.59. The van der Waals surface area contributed by atoms with E-state index in [2.05, 4.69) is 4.99 Å². The first-order chi connectivity index (χ1) is 15.7. The summed E-state index contributed by atoms with van der Waals surface area (Å²) < 4.78 is 29.9. The smallest absolute Gasteiger partial charge is 0.279 e. The standard InChI is InChI=1S/C24H22ClN3O3S2/c1-16-20(25)13-14-21-22(16)28(3)24(32-21)26-23(29)18-9-11-19(12-10-18)33(30,31)27(2)15-17-7-5-4-6-8-17/h4-14H,15H2,1-3H3. The molecule has 0 radical (unpaired) electrons. The number of aromatic nitrogens is 1. The molecule has 170 valence electrons. The Kier molecular flexibility index (Phi) is 6.54. The summed E-state index contributed by atoms with van der Waals surface area (Å²) >= 11 is 7.63. The number of carbonyl (C=O) groups excluding carboxylic acids is 1. The molecule has 0 N–H and O–H groups in total. The Bertz CT molecular complexity index is 1510. The summed E-state index contributed by atoms with van der Waals surface area (Å²) in [4.78, 5) is 17.7. The first-order valence-electron chi connectivity index (χ1n) is 10.1. The SMILES string of the molecule is Cc1c(Cl)ccc2sc(=NC(=O)c3ccc(S(=O)(=O)N(C)Cc4ccccc4)cc3)n(C)c12. The second-order valence-electron chi connectivity index (χ2n) is 7.65. The van der Waals surface area contributed by atoms with Gasteiger partial charge in [0.15, 0.2) is 4.80 Å². The summed E-state index contributed by atoms with van der Waals surface area (Å²) in [6.45, 7) is 2.18. The maximum atomic E-state index is 12.9. The Morgan fingerprint density at radius 2 is 1.73 bits per heavy atom. The number of nitrogens with zero attached hydrogens (tertiary/aromatic N) is 3. The van der Waals surface area contributed by atoms with E-state index in [-0.39, 0.29) is 11.4 Å². The zero-order valence-electron chi connectivity index (χ0n) is 18.3. The van der Waals surface area contributed by atoms with Crippen molar-refractivity contribution in [1.29, 1.82) is 0 Å². The molecule has 3 aromatic carbocycles. The number of amides is 1. The van der Waals surface area contributed by atoms with Crippen molar-refractivity contribution >= 4 is 49.1 Å². The minimum absolute atomic E-state index is 0.121. The Morgan fingerprint density at radius 3 is 2.39 bits per heavy atom. The van der Waals surface area contributed by atoms with Crippen molar-refractivity contribution in [2.75, 3.05) is 7.05 Å². The van der Waals surface area contributed by atoms with Gasteiger partial charge in [0.05, 0.1) is 15.1 Å². The van der Waals surface area contributed by atoms with Crippen LogP contribution in [0.2, 0.25) is 5.02 Å². The molecule has 0 saturated carbocycles. The van der Waals surface area contributed by atoms with E-state index in [9.17, 15) is 13.2 Å². The van der Waals surface area contributed by atoms with E-state index in [0.717, 1.165) is 21.3 Å². The second kappa shape index (κ2) is 9.23. The highest BCUT2D eigenvalue weighted by atomic mass is 35.5. The molecule has 1 amide bonds. The van der Waals surface area contributed by atoms with Gasteiger partial charge in [-0.25, -0.2) is 8.42 Å². The van der Waals surface area contributed by atoms with E-state index in [1.54, 1.807) is 0 Å². The summed E-state index contributed by atoms with van der Waals surface area (Å²) in [6, 6.07) is 19.0. The zero-order chi connectivity index (χ0) is 23.8. The number of sulfonamides is 1. The van der Waals surface area contributed by atoms with Crippen LogP contribution in [0.5, 0.6) is 0 Å². The number of hydrogen-bond donors (Lipinski definition) is 0. The molecule has 1 heterocycles. The van der Waals surface area contributed by atoms with Crippen LogP contribution in [0.15, 0.2) is 76.6 Å². The highest BCUT2D eigenvalue weighted by Gasteiger charge is 2.21. The minimum Gasteiger partial charge on any atom is -0.319 e. The number of hydrogen-bond acceptors (Lipinski definition) is 4. The number of benzene rings is 3. The molecule has 33 heavy (non-hydrogen) atoms. The summed E-state index contributed by atoms with van der Waals surface area (Å²) in [7, 11) is -0.321. The quantitative estimate of drug-likeness (QED) is 0.397. The van der Waals surface area contributed by atoms with Crippen LogP contribution in [0.3, 0.4) is 0 Å². The van der Waals surface area contributed by atoms with Crippen molar-refractivity contribution in [3.63, 3.8) is 0 Å². The maximum absolute atomic E-state index is 12.9. The van der Waals surface area contributed by atoms with Gasteiger partial charge in [-0.2, -0.15) is 9.30 Å². The summed E-state index contributed by atoms with van der Waals surface area (Å²) in [6.07, 6.45) is 0. The van der Waals surface area contributed by atoms with Gasteiger partial charge in [0, 0.05) is 31.2 Å². The molecule has 0 unspecified atom stereocenters. The van der Waals surface area contributed by atoms with Crippen LogP contribution in [0.25, 0.3) is 10.2 Å². The van der Waals surface area contributed by atoms with Gasteiger partial charge in [0.1, 0.15) is 0 Å². The van der Waals surface area contributed by atoms with Gasteiger partial charge >= 0.3 is 0 Å². The molecule has 6 nitrogen and oxygen atoms in total. The largest absolute Gasteiger partial charge is 0.319 e. The lowest BCUT2D eigenvalue weighted by molar-refractivity contribution is 0.0998. The zero-order valence-corrected chi connectivity index (χ0v) is 20.7. The van der Waals surface area contributed by atoms with Gasteiger partial charge in [-0.1, -0.05) is 53.3 Å². The van der Waals surface area contributed by atoms with Gasteiger partial charge in [0.2, 0.25) is 10.0 Å². The van der Waals surface area contributed by atoms with Crippen LogP contribution in [-0.2, 0) is 23.6 Å². The molecule has 0 aliphatic heterocycles. The number of fused-ring (bicyclic) bond motifs is 1. The Labute approximate surface area is 201 Å². The van der Waals surface area contributed by atoms with Gasteiger partial charge in [-0.15, -0.1) is 0 Å². The van der Waals surface area contributed by atoms with Crippen LogP contribution >= 0.6 is 22.9 Å². The molecule has 0 aliphatic rings. The van der Waals surface area contributed by atoms with Crippen molar-refractivity contribution in [3.8, 4) is 0 Å². The van der Waals surface area contributed by atoms with Crippen LogP contribution in [0.1, 0.15) is 21.5 Å². The molecule has 0 bridgehead atoms. The molecule has 0 spiro atoms. The minimum atomic E-state index is -3.69. The van der Waals surface area contributed by atoms with Crippen molar-refractivity contribution < 1.29 is 13.2 Å². The van der Waals surface area contributed by atoms with E-state index in [1.165, 1.54) is 47.0 Å². The number of carbonyl (C=O) groups is 1. The van der Waals surface area contributed by atoms with Crippen LogP contribution in [0.4, 0.5) is 0 Å². The molecule has 9 heteroatoms. The summed E-state index contributed by atoms with van der Waals surface area (Å²) in [5, 5.41) is 0.655. The Morgan fingerprint density at radius 1 is 1.06 bits per heavy atom. The summed E-state index contributed by atoms with van der Waals surface area (Å²) in [5.41, 5.74) is 3.06. The number of rotatable bonds is 5. The molecule has 0 fully saturated rings. The first-order valence-corrected chi connectivity index (χ1v) is 12.8. The molecule has 1 aromatic heterocycles. The number of halogens is 1. The predicted molar refractivity (Wildman–Crippen MR) is 132 cm³/mol. The fourth-order valence-corrected chi connectivity index (χ4v) is 5.92. The lowest BCUT2D eigenvalue weighted by Gasteiger charge is -2.17. The molecule has 4 rings (SSSR count). The fraction of sp³-hybridized carbons (Fsp3) is 0.167. The van der Waals surface area contributed by atoms with Crippen LogP contribution < -0.4 is 4.80 Å². The normalized spacial score (nSPS) is 12.6. The van der Waals surface area contributed by atoms with E-state index < -0.39 is 15.9 Å². The van der Waals surface area contributed by atoms with Crippen LogP contribution in [-0.4, -0.2) is 30.2 Å². The summed E-state index contributed by atoms with van der Waals surface area (Å²) in [5.74, 6) is -0.442. The van der Waals surface area contributed by atoms with Crippen LogP contribution in [0, 0.1) is 6.92 Å². The molecule has 0 aliphatic carbocycles.